The lowest BCUT2D eigenvalue weighted by Crippen LogP contribution is -2.40. The van der Waals surface area contributed by atoms with Crippen LogP contribution in [0.5, 0.6) is 0 Å². The Morgan fingerprint density at radius 2 is 1.96 bits per heavy atom. The third kappa shape index (κ3) is 3.15. The number of halogens is 2. The van der Waals surface area contributed by atoms with E-state index in [-0.39, 0.29) is 16.4 Å². The first-order valence-corrected chi connectivity index (χ1v) is 7.09. The highest BCUT2D eigenvalue weighted by Gasteiger charge is 2.19. The van der Waals surface area contributed by atoms with Crippen molar-refractivity contribution >= 4 is 35.8 Å². The van der Waals surface area contributed by atoms with Crippen LogP contribution in [-0.2, 0) is 0 Å². The highest BCUT2D eigenvalue weighted by Crippen LogP contribution is 2.28. The standard InChI is InChI=1S/C13H8BCl2N3O4/c15-7-1-3-10(19-6-12(16)17-18-19)8(5-7)11-4-2-9(14(21)22)13(20)23-11/h1-6,21-22H. The first kappa shape index (κ1) is 15.8. The summed E-state index contributed by atoms with van der Waals surface area (Å²) >= 11 is 11.8. The van der Waals surface area contributed by atoms with Crippen molar-refractivity contribution in [3.8, 4) is 17.0 Å². The van der Waals surface area contributed by atoms with Gasteiger partial charge < -0.3 is 14.5 Å². The summed E-state index contributed by atoms with van der Waals surface area (Å²) in [5.41, 5.74) is -0.120. The second-order valence-corrected chi connectivity index (χ2v) is 5.39. The molecule has 0 aliphatic rings. The largest absolute Gasteiger partial charge is 0.495 e. The lowest BCUT2D eigenvalue weighted by molar-refractivity contribution is 0.421. The molecular formula is C13H8BCl2N3O4. The molecule has 0 aliphatic carbocycles. The van der Waals surface area contributed by atoms with Crippen LogP contribution in [0.1, 0.15) is 0 Å². The quantitative estimate of drug-likeness (QED) is 0.679. The molecule has 10 heteroatoms. The molecule has 0 saturated heterocycles. The molecule has 7 nitrogen and oxygen atoms in total. The van der Waals surface area contributed by atoms with E-state index < -0.39 is 12.7 Å². The molecule has 1 aromatic carbocycles. The van der Waals surface area contributed by atoms with Crippen LogP contribution in [-0.4, -0.2) is 32.2 Å². The Bertz CT molecular complexity index is 926. The minimum atomic E-state index is -1.91. The summed E-state index contributed by atoms with van der Waals surface area (Å²) in [5.74, 6) is 0.184. The van der Waals surface area contributed by atoms with Gasteiger partial charge in [-0.1, -0.05) is 34.5 Å². The molecule has 23 heavy (non-hydrogen) atoms. The molecular weight excluding hydrogens is 344 g/mol. The van der Waals surface area contributed by atoms with E-state index in [1.165, 1.54) is 23.0 Å². The molecule has 0 saturated carbocycles. The van der Waals surface area contributed by atoms with Crippen molar-refractivity contribution in [3.63, 3.8) is 0 Å². The van der Waals surface area contributed by atoms with Gasteiger partial charge in [-0.2, -0.15) is 0 Å². The monoisotopic (exact) mass is 351 g/mol. The van der Waals surface area contributed by atoms with E-state index in [1.54, 1.807) is 18.2 Å². The Labute approximate surface area is 139 Å². The fraction of sp³-hybridized carbons (Fsp3) is 0. The van der Waals surface area contributed by atoms with Crippen LogP contribution in [0.15, 0.2) is 45.7 Å². The van der Waals surface area contributed by atoms with Crippen LogP contribution < -0.4 is 11.1 Å². The summed E-state index contributed by atoms with van der Waals surface area (Å²) in [7, 11) is -1.91. The number of nitrogens with zero attached hydrogens (tertiary/aromatic N) is 3. The lowest BCUT2D eigenvalue weighted by atomic mass is 9.81. The van der Waals surface area contributed by atoms with Crippen molar-refractivity contribution < 1.29 is 14.5 Å². The van der Waals surface area contributed by atoms with Gasteiger partial charge in [-0.05, 0) is 24.3 Å². The molecule has 0 atom stereocenters. The van der Waals surface area contributed by atoms with Gasteiger partial charge in [0.05, 0.1) is 17.3 Å². The Morgan fingerprint density at radius 3 is 2.57 bits per heavy atom. The molecule has 3 rings (SSSR count). The van der Waals surface area contributed by atoms with E-state index >= 15 is 0 Å². The van der Waals surface area contributed by atoms with Crippen LogP contribution >= 0.6 is 23.2 Å². The fourth-order valence-corrected chi connectivity index (χ4v) is 2.33. The predicted octanol–water partition coefficient (Wildman–Crippen LogP) is 0.874. The van der Waals surface area contributed by atoms with Gasteiger partial charge in [-0.3, -0.25) is 0 Å². The first-order valence-electron chi connectivity index (χ1n) is 6.34. The van der Waals surface area contributed by atoms with E-state index in [1.807, 2.05) is 0 Å². The van der Waals surface area contributed by atoms with Crippen LogP contribution in [0.2, 0.25) is 10.2 Å². The maximum atomic E-state index is 11.8. The zero-order valence-corrected chi connectivity index (χ0v) is 12.9. The summed E-state index contributed by atoms with van der Waals surface area (Å²) in [6.07, 6.45) is 1.48. The molecule has 0 unspecified atom stereocenters. The van der Waals surface area contributed by atoms with Gasteiger partial charge in [0.25, 0.3) is 0 Å². The number of rotatable bonds is 3. The third-order valence-electron chi connectivity index (χ3n) is 3.07. The summed E-state index contributed by atoms with van der Waals surface area (Å²) < 4.78 is 6.56. The highest BCUT2D eigenvalue weighted by atomic mass is 35.5. The highest BCUT2D eigenvalue weighted by molar-refractivity contribution is 6.58. The molecule has 3 aromatic rings. The Balaban J connectivity index is 2.18. The van der Waals surface area contributed by atoms with Crippen molar-refractivity contribution in [2.45, 2.75) is 0 Å². The SMILES string of the molecule is O=c1oc(-c2cc(Cl)ccc2-n2cc(Cl)nn2)ccc1B(O)O. The maximum Gasteiger partial charge on any atom is 0.495 e. The van der Waals surface area contributed by atoms with Crippen LogP contribution in [0.3, 0.4) is 0 Å². The van der Waals surface area contributed by atoms with Crippen LogP contribution in [0.25, 0.3) is 17.0 Å². The zero-order chi connectivity index (χ0) is 16.6. The molecule has 2 heterocycles. The molecule has 0 amide bonds. The maximum absolute atomic E-state index is 11.8. The van der Waals surface area contributed by atoms with Gasteiger partial charge in [-0.15, -0.1) is 5.10 Å². The molecule has 0 radical (unpaired) electrons. The molecule has 0 bridgehead atoms. The van der Waals surface area contributed by atoms with Crippen molar-refractivity contribution in [1.29, 1.82) is 0 Å². The number of benzene rings is 1. The smallest absolute Gasteiger partial charge is 0.423 e. The van der Waals surface area contributed by atoms with E-state index in [0.29, 0.717) is 16.3 Å². The van der Waals surface area contributed by atoms with Gasteiger partial charge >= 0.3 is 12.7 Å². The fourth-order valence-electron chi connectivity index (χ4n) is 2.03. The van der Waals surface area contributed by atoms with Gasteiger partial charge in [0.1, 0.15) is 5.76 Å². The molecule has 0 aliphatic heterocycles. The summed E-state index contributed by atoms with van der Waals surface area (Å²) in [5, 5.41) is 26.3. The third-order valence-corrected chi connectivity index (χ3v) is 3.48. The second kappa shape index (κ2) is 6.17. The average molecular weight is 352 g/mol. The average Bonchev–Trinajstić information content (AvgIpc) is 2.93. The molecule has 0 spiro atoms. The Morgan fingerprint density at radius 1 is 1.17 bits per heavy atom. The van der Waals surface area contributed by atoms with Gasteiger partial charge in [0.2, 0.25) is 0 Å². The van der Waals surface area contributed by atoms with E-state index in [9.17, 15) is 4.79 Å². The second-order valence-electron chi connectivity index (χ2n) is 4.56. The molecule has 116 valence electrons. The van der Waals surface area contributed by atoms with Gasteiger partial charge in [-0.25, -0.2) is 9.48 Å². The van der Waals surface area contributed by atoms with Crippen LogP contribution in [0, 0.1) is 0 Å². The van der Waals surface area contributed by atoms with E-state index in [0.717, 1.165) is 0 Å². The minimum Gasteiger partial charge on any atom is -0.423 e. The lowest BCUT2D eigenvalue weighted by Gasteiger charge is -2.09. The van der Waals surface area contributed by atoms with Crippen molar-refractivity contribution in [2.75, 3.05) is 0 Å². The van der Waals surface area contributed by atoms with E-state index in [4.69, 9.17) is 37.7 Å². The minimum absolute atomic E-state index is 0.184. The topological polar surface area (TPSA) is 101 Å². The van der Waals surface area contributed by atoms with Crippen molar-refractivity contribution in [3.05, 3.63) is 57.1 Å². The molecule has 2 aromatic heterocycles. The van der Waals surface area contributed by atoms with Gasteiger partial charge in [0.15, 0.2) is 5.15 Å². The predicted molar refractivity (Wildman–Crippen MR) is 85.2 cm³/mol. The summed E-state index contributed by atoms with van der Waals surface area (Å²) in [6, 6.07) is 7.59. The van der Waals surface area contributed by atoms with E-state index in [2.05, 4.69) is 10.3 Å². The van der Waals surface area contributed by atoms with Crippen molar-refractivity contribution in [2.24, 2.45) is 0 Å². The Kier molecular flexibility index (Phi) is 4.23. The molecule has 2 N–H and O–H groups in total. The first-order chi connectivity index (χ1) is 11.0. The zero-order valence-electron chi connectivity index (χ0n) is 11.3. The number of hydrogen-bond acceptors (Lipinski definition) is 6. The summed E-state index contributed by atoms with van der Waals surface area (Å²) in [4.78, 5) is 11.8. The van der Waals surface area contributed by atoms with Crippen LogP contribution in [0.4, 0.5) is 0 Å². The number of aromatic nitrogens is 3. The van der Waals surface area contributed by atoms with Gasteiger partial charge in [0, 0.05) is 10.6 Å². The summed E-state index contributed by atoms with van der Waals surface area (Å²) in [6.45, 7) is 0. The Hall–Kier alpha value is -2.13. The van der Waals surface area contributed by atoms with Crippen molar-refractivity contribution in [1.82, 2.24) is 15.0 Å². The number of hydrogen-bond donors (Lipinski definition) is 2. The normalized spacial score (nSPS) is 10.8. The molecule has 0 fully saturated rings.